The summed E-state index contributed by atoms with van der Waals surface area (Å²) in [4.78, 5) is 4.75. The fraction of sp³-hybridized carbons (Fsp3) is 0.400. The average Bonchev–Trinajstić information content (AvgIpc) is 3.36. The van der Waals surface area contributed by atoms with Crippen LogP contribution in [-0.2, 0) is 30.9 Å². The Morgan fingerprint density at radius 1 is 0.789 bits per heavy atom. The SMILES string of the molecule is CC(C)c1cc(-c2ccc3c(c2)C(C)(C)CCC3(C)C)cc(C(C)C)c1-n1ccnc1-c1[c-]cccc1.[Ir]. The minimum Gasteiger partial charge on any atom is -0.340 e. The summed E-state index contributed by atoms with van der Waals surface area (Å²) in [5, 5.41) is 0. The van der Waals surface area contributed by atoms with Gasteiger partial charge in [-0.1, -0.05) is 73.6 Å². The predicted octanol–water partition coefficient (Wildman–Crippen LogP) is 9.60. The summed E-state index contributed by atoms with van der Waals surface area (Å²) in [6.07, 6.45) is 6.48. The zero-order valence-corrected chi connectivity index (χ0v) is 26.5. The van der Waals surface area contributed by atoms with E-state index in [0.717, 1.165) is 11.4 Å². The number of aromatic nitrogens is 2. The molecule has 0 spiro atoms. The molecule has 0 aliphatic heterocycles. The van der Waals surface area contributed by atoms with Gasteiger partial charge in [0.05, 0.1) is 5.82 Å². The van der Waals surface area contributed by atoms with Gasteiger partial charge in [-0.05, 0) is 81.0 Å². The molecule has 4 aromatic rings. The van der Waals surface area contributed by atoms with E-state index in [1.165, 1.54) is 51.9 Å². The molecular weight excluding hydrogens is 641 g/mol. The van der Waals surface area contributed by atoms with Crippen molar-refractivity contribution in [2.24, 2.45) is 0 Å². The van der Waals surface area contributed by atoms with Crippen molar-refractivity contribution in [3.05, 3.63) is 95.3 Å². The molecule has 0 fully saturated rings. The van der Waals surface area contributed by atoms with Gasteiger partial charge < -0.3 is 4.57 Å². The van der Waals surface area contributed by atoms with Crippen LogP contribution in [0.4, 0.5) is 0 Å². The molecule has 0 N–H and O–H groups in total. The number of fused-ring (bicyclic) bond motifs is 1. The Bertz CT molecular complexity index is 1390. The number of imidazole rings is 1. The van der Waals surface area contributed by atoms with Crippen molar-refractivity contribution >= 4 is 0 Å². The first-order valence-corrected chi connectivity index (χ1v) is 13.8. The second-order valence-electron chi connectivity index (χ2n) is 12.7. The molecule has 1 aliphatic rings. The molecule has 0 amide bonds. The number of rotatable bonds is 5. The molecule has 1 aliphatic carbocycles. The number of hydrogen-bond acceptors (Lipinski definition) is 1. The summed E-state index contributed by atoms with van der Waals surface area (Å²) < 4.78 is 2.28. The van der Waals surface area contributed by atoms with Gasteiger partial charge in [0.2, 0.25) is 0 Å². The largest absolute Gasteiger partial charge is 0.340 e. The van der Waals surface area contributed by atoms with Gasteiger partial charge in [0.1, 0.15) is 0 Å². The van der Waals surface area contributed by atoms with E-state index < -0.39 is 0 Å². The summed E-state index contributed by atoms with van der Waals surface area (Å²) in [7, 11) is 0. The van der Waals surface area contributed by atoms with Crippen LogP contribution in [0.25, 0.3) is 28.2 Å². The maximum Gasteiger partial charge on any atom is 0.0602 e. The van der Waals surface area contributed by atoms with Gasteiger partial charge in [0.25, 0.3) is 0 Å². The van der Waals surface area contributed by atoms with Crippen LogP contribution in [0.5, 0.6) is 0 Å². The van der Waals surface area contributed by atoms with E-state index in [9.17, 15) is 0 Å². The summed E-state index contributed by atoms with van der Waals surface area (Å²) in [5.41, 5.74) is 11.1. The quantitative estimate of drug-likeness (QED) is 0.192. The monoisotopic (exact) mass is 682 g/mol. The van der Waals surface area contributed by atoms with Crippen LogP contribution < -0.4 is 0 Å². The number of benzene rings is 3. The minimum atomic E-state index is 0. The summed E-state index contributed by atoms with van der Waals surface area (Å²) in [6, 6.07) is 23.6. The Hall–Kier alpha value is -2.48. The predicted molar refractivity (Wildman–Crippen MR) is 157 cm³/mol. The van der Waals surface area contributed by atoms with Crippen molar-refractivity contribution in [3.63, 3.8) is 0 Å². The Labute approximate surface area is 243 Å². The van der Waals surface area contributed by atoms with E-state index in [2.05, 4.69) is 115 Å². The number of hydrogen-bond donors (Lipinski definition) is 0. The molecule has 1 heterocycles. The van der Waals surface area contributed by atoms with Gasteiger partial charge in [0, 0.05) is 38.2 Å². The Kier molecular flexibility index (Phi) is 7.95. The third-order valence-electron chi connectivity index (χ3n) is 8.43. The Balaban J connectivity index is 0.00000336. The van der Waals surface area contributed by atoms with Crippen LogP contribution in [-0.4, -0.2) is 9.55 Å². The average molecular weight is 682 g/mol. The fourth-order valence-electron chi connectivity index (χ4n) is 5.99. The topological polar surface area (TPSA) is 17.8 Å². The molecule has 0 saturated carbocycles. The minimum absolute atomic E-state index is 0. The van der Waals surface area contributed by atoms with Gasteiger partial charge in [-0.2, -0.15) is 0 Å². The van der Waals surface area contributed by atoms with E-state index in [0.29, 0.717) is 11.8 Å². The van der Waals surface area contributed by atoms with Gasteiger partial charge in [-0.25, -0.2) is 0 Å². The van der Waals surface area contributed by atoms with Crippen molar-refractivity contribution in [3.8, 4) is 28.2 Å². The molecule has 5 rings (SSSR count). The first-order valence-electron chi connectivity index (χ1n) is 13.8. The molecule has 0 saturated heterocycles. The van der Waals surface area contributed by atoms with Crippen molar-refractivity contribution in [1.29, 1.82) is 0 Å². The molecule has 3 heteroatoms. The maximum atomic E-state index is 4.75. The molecule has 3 aromatic carbocycles. The molecule has 38 heavy (non-hydrogen) atoms. The first kappa shape index (κ1) is 28.5. The second-order valence-corrected chi connectivity index (χ2v) is 12.7. The van der Waals surface area contributed by atoms with Gasteiger partial charge >= 0.3 is 0 Å². The summed E-state index contributed by atoms with van der Waals surface area (Å²) in [5.74, 6) is 1.68. The second kappa shape index (κ2) is 10.6. The zero-order chi connectivity index (χ0) is 26.5. The van der Waals surface area contributed by atoms with Crippen molar-refractivity contribution in [2.75, 3.05) is 0 Å². The normalized spacial score (nSPS) is 15.8. The molecule has 201 valence electrons. The first-order chi connectivity index (χ1) is 17.5. The zero-order valence-electron chi connectivity index (χ0n) is 24.1. The van der Waals surface area contributed by atoms with E-state index in [4.69, 9.17) is 4.98 Å². The molecular formula is C35H41IrN2-. The van der Waals surface area contributed by atoms with Gasteiger partial charge in [-0.15, -0.1) is 35.9 Å². The molecule has 0 unspecified atom stereocenters. The Morgan fingerprint density at radius 2 is 1.42 bits per heavy atom. The van der Waals surface area contributed by atoms with E-state index >= 15 is 0 Å². The molecule has 0 bridgehead atoms. The summed E-state index contributed by atoms with van der Waals surface area (Å²) >= 11 is 0. The van der Waals surface area contributed by atoms with E-state index in [1.54, 1.807) is 0 Å². The van der Waals surface area contributed by atoms with Crippen molar-refractivity contribution in [2.45, 2.75) is 90.9 Å². The molecule has 1 aromatic heterocycles. The van der Waals surface area contributed by atoms with Crippen molar-refractivity contribution < 1.29 is 20.1 Å². The van der Waals surface area contributed by atoms with Crippen LogP contribution in [0, 0.1) is 6.07 Å². The summed E-state index contributed by atoms with van der Waals surface area (Å²) in [6.45, 7) is 18.8. The molecule has 2 nitrogen and oxygen atoms in total. The van der Waals surface area contributed by atoms with Crippen LogP contribution in [0.3, 0.4) is 0 Å². The van der Waals surface area contributed by atoms with Crippen LogP contribution in [0.2, 0.25) is 0 Å². The van der Waals surface area contributed by atoms with Crippen LogP contribution >= 0.6 is 0 Å². The number of nitrogens with zero attached hydrogens (tertiary/aromatic N) is 2. The Morgan fingerprint density at radius 3 is 2.00 bits per heavy atom. The third-order valence-corrected chi connectivity index (χ3v) is 8.43. The van der Waals surface area contributed by atoms with Crippen LogP contribution in [0.15, 0.2) is 67.0 Å². The van der Waals surface area contributed by atoms with Crippen molar-refractivity contribution in [1.82, 2.24) is 9.55 Å². The van der Waals surface area contributed by atoms with Gasteiger partial charge in [0.15, 0.2) is 0 Å². The van der Waals surface area contributed by atoms with E-state index in [-0.39, 0.29) is 30.9 Å². The standard InChI is InChI=1S/C35H41N2.Ir/c1-23(2)28-20-27(26-14-15-30-31(22-26)35(7,8)17-16-34(30,5)6)21-29(24(3)4)32(28)37-19-18-36-33(37)25-12-10-9-11-13-25;/h9-12,14-15,18-24H,16-17H2,1-8H3;/q-1;. The molecule has 1 radical (unpaired) electrons. The molecule has 0 atom stereocenters. The van der Waals surface area contributed by atoms with E-state index in [1.807, 2.05) is 18.3 Å². The smallest absolute Gasteiger partial charge is 0.0602 e. The van der Waals surface area contributed by atoms with Gasteiger partial charge in [-0.3, -0.25) is 4.98 Å². The van der Waals surface area contributed by atoms with Crippen LogP contribution in [0.1, 0.15) is 102 Å². The third kappa shape index (κ3) is 5.08. The maximum absolute atomic E-state index is 4.75. The fourth-order valence-corrected chi connectivity index (χ4v) is 5.99.